The number of benzene rings is 1. The molecule has 2 atom stereocenters. The Labute approximate surface area is 112 Å². The second-order valence-corrected chi connectivity index (χ2v) is 5.96. The molecule has 0 saturated carbocycles. The van der Waals surface area contributed by atoms with Gasteiger partial charge in [0.15, 0.2) is 0 Å². The second kappa shape index (κ2) is 5.88. The summed E-state index contributed by atoms with van der Waals surface area (Å²) < 4.78 is 0. The van der Waals surface area contributed by atoms with Gasteiger partial charge in [-0.2, -0.15) is 0 Å². The van der Waals surface area contributed by atoms with E-state index in [2.05, 4.69) is 45.1 Å². The first kappa shape index (κ1) is 13.6. The van der Waals surface area contributed by atoms with Crippen molar-refractivity contribution in [2.24, 2.45) is 5.92 Å². The molecular weight excluding hydrogens is 218 g/mol. The Morgan fingerprint density at radius 2 is 1.83 bits per heavy atom. The van der Waals surface area contributed by atoms with Crippen molar-refractivity contribution in [1.29, 1.82) is 0 Å². The Kier molecular flexibility index (Phi) is 4.45. The van der Waals surface area contributed by atoms with E-state index < -0.39 is 0 Å². The number of hydrogen-bond acceptors (Lipinski definition) is 1. The van der Waals surface area contributed by atoms with E-state index >= 15 is 0 Å². The van der Waals surface area contributed by atoms with Crippen LogP contribution in [0.3, 0.4) is 0 Å². The zero-order valence-electron chi connectivity index (χ0n) is 12.3. The highest BCUT2D eigenvalue weighted by Gasteiger charge is 2.27. The van der Waals surface area contributed by atoms with E-state index in [0.717, 1.165) is 11.8 Å². The van der Waals surface area contributed by atoms with E-state index in [0.29, 0.717) is 0 Å². The Hall–Kier alpha value is -0.820. The molecule has 0 bridgehead atoms. The van der Waals surface area contributed by atoms with Crippen LogP contribution in [-0.4, -0.2) is 13.1 Å². The molecule has 1 heteroatoms. The summed E-state index contributed by atoms with van der Waals surface area (Å²) in [6, 6.07) is 4.71. The molecule has 0 spiro atoms. The van der Waals surface area contributed by atoms with Gasteiger partial charge in [-0.15, -0.1) is 0 Å². The molecule has 0 aromatic heterocycles. The molecule has 1 aromatic carbocycles. The average Bonchev–Trinajstić information content (AvgIpc) is 2.30. The van der Waals surface area contributed by atoms with Gasteiger partial charge in [-0.25, -0.2) is 0 Å². The highest BCUT2D eigenvalue weighted by molar-refractivity contribution is 5.40. The van der Waals surface area contributed by atoms with Crippen LogP contribution in [0.25, 0.3) is 0 Å². The molecule has 1 aliphatic heterocycles. The molecule has 1 aromatic rings. The van der Waals surface area contributed by atoms with Crippen LogP contribution in [0.15, 0.2) is 12.1 Å². The Bertz CT molecular complexity index is 383. The van der Waals surface area contributed by atoms with Crippen molar-refractivity contribution >= 4 is 0 Å². The van der Waals surface area contributed by atoms with Gasteiger partial charge >= 0.3 is 0 Å². The summed E-state index contributed by atoms with van der Waals surface area (Å²) >= 11 is 0. The zero-order valence-corrected chi connectivity index (χ0v) is 12.3. The smallest absolute Gasteiger partial charge is 0.00147 e. The molecule has 2 unspecified atom stereocenters. The summed E-state index contributed by atoms with van der Waals surface area (Å²) in [5.41, 5.74) is 6.04. The summed E-state index contributed by atoms with van der Waals surface area (Å²) in [4.78, 5) is 0. The van der Waals surface area contributed by atoms with Crippen LogP contribution in [0.1, 0.15) is 54.4 Å². The van der Waals surface area contributed by atoms with Crippen molar-refractivity contribution in [2.45, 2.75) is 52.9 Å². The van der Waals surface area contributed by atoms with Crippen LogP contribution < -0.4 is 5.32 Å². The van der Waals surface area contributed by atoms with Crippen molar-refractivity contribution < 1.29 is 0 Å². The Morgan fingerprint density at radius 3 is 2.44 bits per heavy atom. The molecule has 0 radical (unpaired) electrons. The van der Waals surface area contributed by atoms with Crippen molar-refractivity contribution in [1.82, 2.24) is 5.32 Å². The molecule has 2 rings (SSSR count). The maximum Gasteiger partial charge on any atom is -0.00147 e. The number of rotatable bonds is 3. The molecule has 1 aliphatic rings. The van der Waals surface area contributed by atoms with Crippen molar-refractivity contribution in [3.8, 4) is 0 Å². The molecule has 1 heterocycles. The van der Waals surface area contributed by atoms with Crippen LogP contribution in [-0.2, 0) is 0 Å². The first-order valence-corrected chi connectivity index (χ1v) is 7.42. The number of aryl methyl sites for hydroxylation is 3. The van der Waals surface area contributed by atoms with Gasteiger partial charge in [0.1, 0.15) is 0 Å². The van der Waals surface area contributed by atoms with Gasteiger partial charge in [-0.05, 0) is 75.2 Å². The van der Waals surface area contributed by atoms with E-state index in [-0.39, 0.29) is 0 Å². The third kappa shape index (κ3) is 2.77. The minimum absolute atomic E-state index is 0.770. The molecule has 1 nitrogen and oxygen atoms in total. The molecule has 1 saturated heterocycles. The molecule has 0 aliphatic carbocycles. The lowest BCUT2D eigenvalue weighted by Crippen LogP contribution is -2.35. The van der Waals surface area contributed by atoms with Crippen LogP contribution in [0.2, 0.25) is 0 Å². The normalized spacial score (nSPS) is 24.2. The zero-order chi connectivity index (χ0) is 13.1. The van der Waals surface area contributed by atoms with Gasteiger partial charge in [0.25, 0.3) is 0 Å². The van der Waals surface area contributed by atoms with E-state index in [1.54, 1.807) is 5.56 Å². The number of piperidine rings is 1. The largest absolute Gasteiger partial charge is 0.316 e. The molecule has 100 valence electrons. The first-order chi connectivity index (χ1) is 8.63. The summed E-state index contributed by atoms with van der Waals surface area (Å²) in [6.45, 7) is 11.5. The van der Waals surface area contributed by atoms with Crippen LogP contribution in [0, 0.1) is 26.7 Å². The molecule has 18 heavy (non-hydrogen) atoms. The van der Waals surface area contributed by atoms with Gasteiger partial charge in [0, 0.05) is 0 Å². The van der Waals surface area contributed by atoms with Crippen molar-refractivity contribution in [3.05, 3.63) is 34.4 Å². The lowest BCUT2D eigenvalue weighted by Gasteiger charge is -2.34. The fourth-order valence-corrected chi connectivity index (χ4v) is 3.75. The third-order valence-corrected chi connectivity index (χ3v) is 4.38. The second-order valence-electron chi connectivity index (χ2n) is 5.96. The first-order valence-electron chi connectivity index (χ1n) is 7.42. The van der Waals surface area contributed by atoms with E-state index in [1.807, 2.05) is 0 Å². The summed E-state index contributed by atoms with van der Waals surface area (Å²) in [7, 11) is 0. The standard InChI is InChI=1S/C17H27N/c1-5-6-15-11-18-8-7-16(15)17-13(3)9-12(2)10-14(17)4/h9-10,15-16,18H,5-8,11H2,1-4H3. The van der Waals surface area contributed by atoms with Crippen LogP contribution in [0.4, 0.5) is 0 Å². The molecule has 1 fully saturated rings. The maximum atomic E-state index is 3.57. The highest BCUT2D eigenvalue weighted by atomic mass is 14.9. The summed E-state index contributed by atoms with van der Waals surface area (Å²) in [5, 5.41) is 3.57. The van der Waals surface area contributed by atoms with Gasteiger partial charge in [-0.1, -0.05) is 31.0 Å². The van der Waals surface area contributed by atoms with Crippen LogP contribution >= 0.6 is 0 Å². The van der Waals surface area contributed by atoms with E-state index in [9.17, 15) is 0 Å². The fraction of sp³-hybridized carbons (Fsp3) is 0.647. The third-order valence-electron chi connectivity index (χ3n) is 4.38. The van der Waals surface area contributed by atoms with Crippen LogP contribution in [0.5, 0.6) is 0 Å². The van der Waals surface area contributed by atoms with Crippen molar-refractivity contribution in [2.75, 3.05) is 13.1 Å². The predicted octanol–water partition coefficient (Wildman–Crippen LogP) is 4.11. The Morgan fingerprint density at radius 1 is 1.17 bits per heavy atom. The number of nitrogens with one attached hydrogen (secondary N) is 1. The van der Waals surface area contributed by atoms with Gasteiger partial charge in [0.2, 0.25) is 0 Å². The molecular formula is C17H27N. The number of hydrogen-bond donors (Lipinski definition) is 1. The average molecular weight is 245 g/mol. The van der Waals surface area contributed by atoms with Gasteiger partial charge < -0.3 is 5.32 Å². The maximum absolute atomic E-state index is 3.57. The lowest BCUT2D eigenvalue weighted by atomic mass is 9.75. The van der Waals surface area contributed by atoms with E-state index in [1.165, 1.54) is 49.0 Å². The highest BCUT2D eigenvalue weighted by Crippen LogP contribution is 2.37. The fourth-order valence-electron chi connectivity index (χ4n) is 3.75. The van der Waals surface area contributed by atoms with Crippen molar-refractivity contribution in [3.63, 3.8) is 0 Å². The Balaban J connectivity index is 2.33. The van der Waals surface area contributed by atoms with E-state index in [4.69, 9.17) is 0 Å². The quantitative estimate of drug-likeness (QED) is 0.845. The minimum Gasteiger partial charge on any atom is -0.316 e. The molecule has 1 N–H and O–H groups in total. The summed E-state index contributed by atoms with van der Waals surface area (Å²) in [5.74, 6) is 1.59. The van der Waals surface area contributed by atoms with Gasteiger partial charge in [-0.3, -0.25) is 0 Å². The predicted molar refractivity (Wildman–Crippen MR) is 79.3 cm³/mol. The lowest BCUT2D eigenvalue weighted by molar-refractivity contribution is 0.305. The monoisotopic (exact) mass is 245 g/mol. The SMILES string of the molecule is CCCC1CNCCC1c1c(C)cc(C)cc1C. The van der Waals surface area contributed by atoms with Gasteiger partial charge in [0.05, 0.1) is 0 Å². The molecule has 0 amide bonds. The summed E-state index contributed by atoms with van der Waals surface area (Å²) in [6.07, 6.45) is 3.95. The minimum atomic E-state index is 0.770. The topological polar surface area (TPSA) is 12.0 Å².